The molecule has 142 valence electrons. The van der Waals surface area contributed by atoms with Gasteiger partial charge >= 0.3 is 0 Å². The molecule has 1 unspecified atom stereocenters. The summed E-state index contributed by atoms with van der Waals surface area (Å²) in [7, 11) is 1.83. The summed E-state index contributed by atoms with van der Waals surface area (Å²) in [6, 6.07) is 7.47. The zero-order chi connectivity index (χ0) is 18.9. The Morgan fingerprint density at radius 1 is 1.27 bits per heavy atom. The SMILES string of the molecule is CCNC(=NCc1ncnn1C)NCC(O)c1ccc(OC(C)C)cc1. The quantitative estimate of drug-likeness (QED) is 0.486. The number of aliphatic imine (C=N–C) groups is 1. The number of guanidine groups is 1. The van der Waals surface area contributed by atoms with E-state index < -0.39 is 6.10 Å². The molecule has 1 atom stereocenters. The minimum atomic E-state index is -0.651. The van der Waals surface area contributed by atoms with Gasteiger partial charge in [0.2, 0.25) is 0 Å². The molecule has 0 radical (unpaired) electrons. The fraction of sp³-hybridized carbons (Fsp3) is 0.500. The molecule has 8 nitrogen and oxygen atoms in total. The van der Waals surface area contributed by atoms with Gasteiger partial charge in [-0.15, -0.1) is 0 Å². The maximum atomic E-state index is 10.4. The van der Waals surface area contributed by atoms with Crippen LogP contribution in [-0.4, -0.2) is 45.0 Å². The van der Waals surface area contributed by atoms with E-state index in [1.165, 1.54) is 6.33 Å². The zero-order valence-corrected chi connectivity index (χ0v) is 15.8. The molecule has 1 heterocycles. The summed E-state index contributed by atoms with van der Waals surface area (Å²) in [4.78, 5) is 8.62. The number of aliphatic hydroxyl groups is 1. The van der Waals surface area contributed by atoms with E-state index in [9.17, 15) is 5.11 Å². The lowest BCUT2D eigenvalue weighted by Gasteiger charge is -2.16. The van der Waals surface area contributed by atoms with Gasteiger partial charge in [0.1, 0.15) is 24.4 Å². The first-order valence-electron chi connectivity index (χ1n) is 8.79. The van der Waals surface area contributed by atoms with Crippen molar-refractivity contribution in [3.8, 4) is 5.75 Å². The fourth-order valence-corrected chi connectivity index (χ4v) is 2.31. The summed E-state index contributed by atoms with van der Waals surface area (Å²) in [5.41, 5.74) is 0.817. The molecule has 0 saturated heterocycles. The fourth-order valence-electron chi connectivity index (χ4n) is 2.31. The Morgan fingerprint density at radius 2 is 2.00 bits per heavy atom. The summed E-state index contributed by atoms with van der Waals surface area (Å²) in [5, 5.41) is 20.7. The second-order valence-corrected chi connectivity index (χ2v) is 6.13. The third-order valence-electron chi connectivity index (χ3n) is 3.63. The third kappa shape index (κ3) is 6.03. The molecule has 0 aliphatic carbocycles. The number of aromatic nitrogens is 3. The zero-order valence-electron chi connectivity index (χ0n) is 15.8. The summed E-state index contributed by atoms with van der Waals surface area (Å²) >= 11 is 0. The van der Waals surface area contributed by atoms with Crippen LogP contribution >= 0.6 is 0 Å². The van der Waals surface area contributed by atoms with Crippen molar-refractivity contribution in [2.45, 2.75) is 39.5 Å². The van der Waals surface area contributed by atoms with Crippen LogP contribution in [0, 0.1) is 0 Å². The highest BCUT2D eigenvalue weighted by Gasteiger charge is 2.09. The highest BCUT2D eigenvalue weighted by molar-refractivity contribution is 5.79. The van der Waals surface area contributed by atoms with Crippen LogP contribution in [0.2, 0.25) is 0 Å². The van der Waals surface area contributed by atoms with E-state index in [2.05, 4.69) is 25.7 Å². The number of aliphatic hydroxyl groups excluding tert-OH is 1. The van der Waals surface area contributed by atoms with E-state index in [4.69, 9.17) is 4.74 Å². The van der Waals surface area contributed by atoms with E-state index in [-0.39, 0.29) is 6.10 Å². The van der Waals surface area contributed by atoms with Gasteiger partial charge in [0.25, 0.3) is 0 Å². The minimum absolute atomic E-state index is 0.125. The molecule has 0 amide bonds. The molecule has 8 heteroatoms. The molecule has 0 aliphatic heterocycles. The van der Waals surface area contributed by atoms with Gasteiger partial charge in [0, 0.05) is 20.1 Å². The van der Waals surface area contributed by atoms with E-state index >= 15 is 0 Å². The first-order valence-corrected chi connectivity index (χ1v) is 8.79. The highest BCUT2D eigenvalue weighted by Crippen LogP contribution is 2.18. The highest BCUT2D eigenvalue weighted by atomic mass is 16.5. The van der Waals surface area contributed by atoms with Gasteiger partial charge in [-0.05, 0) is 38.5 Å². The van der Waals surface area contributed by atoms with Crippen LogP contribution in [0.15, 0.2) is 35.6 Å². The predicted octanol–water partition coefficient (Wildman–Crippen LogP) is 1.39. The van der Waals surface area contributed by atoms with Crippen molar-refractivity contribution >= 4 is 5.96 Å². The monoisotopic (exact) mass is 360 g/mol. The van der Waals surface area contributed by atoms with Gasteiger partial charge < -0.3 is 20.5 Å². The van der Waals surface area contributed by atoms with Crippen molar-refractivity contribution in [1.29, 1.82) is 0 Å². The van der Waals surface area contributed by atoms with Crippen molar-refractivity contribution in [3.05, 3.63) is 42.0 Å². The Morgan fingerprint density at radius 3 is 2.58 bits per heavy atom. The van der Waals surface area contributed by atoms with Gasteiger partial charge in [-0.3, -0.25) is 4.68 Å². The molecule has 26 heavy (non-hydrogen) atoms. The maximum absolute atomic E-state index is 10.4. The molecule has 2 aromatic rings. The van der Waals surface area contributed by atoms with Crippen LogP contribution < -0.4 is 15.4 Å². The van der Waals surface area contributed by atoms with E-state index in [0.29, 0.717) is 19.0 Å². The molecule has 0 aliphatic rings. The predicted molar refractivity (Wildman–Crippen MR) is 101 cm³/mol. The Balaban J connectivity index is 1.91. The third-order valence-corrected chi connectivity index (χ3v) is 3.63. The van der Waals surface area contributed by atoms with Gasteiger partial charge in [0.15, 0.2) is 5.96 Å². The molecule has 0 spiro atoms. The van der Waals surface area contributed by atoms with Crippen molar-refractivity contribution in [1.82, 2.24) is 25.4 Å². The van der Waals surface area contributed by atoms with Crippen LogP contribution in [0.1, 0.15) is 38.3 Å². The van der Waals surface area contributed by atoms with Crippen molar-refractivity contribution in [2.75, 3.05) is 13.1 Å². The lowest BCUT2D eigenvalue weighted by atomic mass is 10.1. The molecule has 0 fully saturated rings. The maximum Gasteiger partial charge on any atom is 0.191 e. The summed E-state index contributed by atoms with van der Waals surface area (Å²) < 4.78 is 7.30. The molecule has 2 rings (SSSR count). The average Bonchev–Trinajstić information content (AvgIpc) is 3.02. The average molecular weight is 360 g/mol. The lowest BCUT2D eigenvalue weighted by molar-refractivity contribution is 0.180. The first-order chi connectivity index (χ1) is 12.5. The summed E-state index contributed by atoms with van der Waals surface area (Å²) in [6.07, 6.45) is 0.976. The van der Waals surface area contributed by atoms with Crippen molar-refractivity contribution in [3.63, 3.8) is 0 Å². The molecule has 1 aromatic heterocycles. The molecule has 1 aromatic carbocycles. The van der Waals surface area contributed by atoms with Crippen LogP contribution in [0.25, 0.3) is 0 Å². The standard InChI is InChI=1S/C18H28N6O2/c1-5-19-18(21-11-17-22-12-23-24(17)4)20-10-16(25)14-6-8-15(9-7-14)26-13(2)3/h6-9,12-13,16,25H,5,10-11H2,1-4H3,(H2,19,20,21). The van der Waals surface area contributed by atoms with Gasteiger partial charge in [-0.1, -0.05) is 12.1 Å². The van der Waals surface area contributed by atoms with Gasteiger partial charge in [-0.25, -0.2) is 9.98 Å². The number of benzene rings is 1. The van der Waals surface area contributed by atoms with E-state index in [1.54, 1.807) is 4.68 Å². The molecular weight excluding hydrogens is 332 g/mol. The largest absolute Gasteiger partial charge is 0.491 e. The Bertz CT molecular complexity index is 696. The van der Waals surface area contributed by atoms with Crippen LogP contribution in [0.4, 0.5) is 0 Å². The smallest absolute Gasteiger partial charge is 0.191 e. The second kappa shape index (κ2) is 9.76. The summed E-state index contributed by atoms with van der Waals surface area (Å²) in [6.45, 7) is 7.42. The lowest BCUT2D eigenvalue weighted by Crippen LogP contribution is -2.39. The van der Waals surface area contributed by atoms with E-state index in [1.807, 2.05) is 52.1 Å². The van der Waals surface area contributed by atoms with Crippen LogP contribution in [-0.2, 0) is 13.6 Å². The van der Waals surface area contributed by atoms with Crippen molar-refractivity contribution < 1.29 is 9.84 Å². The molecule has 0 saturated carbocycles. The minimum Gasteiger partial charge on any atom is -0.491 e. The first kappa shape index (κ1) is 19.7. The topological polar surface area (TPSA) is 96.6 Å². The van der Waals surface area contributed by atoms with Crippen molar-refractivity contribution in [2.24, 2.45) is 12.0 Å². The van der Waals surface area contributed by atoms with Crippen LogP contribution in [0.5, 0.6) is 5.75 Å². The number of hydrogen-bond acceptors (Lipinski definition) is 5. The number of nitrogens with zero attached hydrogens (tertiary/aromatic N) is 4. The Labute approximate surface area is 154 Å². The van der Waals surface area contributed by atoms with Gasteiger partial charge in [0.05, 0.1) is 12.2 Å². The summed E-state index contributed by atoms with van der Waals surface area (Å²) in [5.74, 6) is 2.18. The molecule has 0 bridgehead atoms. The molecule has 3 N–H and O–H groups in total. The second-order valence-electron chi connectivity index (χ2n) is 6.13. The number of hydrogen-bond donors (Lipinski definition) is 3. The molecular formula is C18H28N6O2. The Kier molecular flexibility index (Phi) is 7.40. The van der Waals surface area contributed by atoms with Gasteiger partial charge in [-0.2, -0.15) is 5.10 Å². The number of ether oxygens (including phenoxy) is 1. The number of rotatable bonds is 8. The van der Waals surface area contributed by atoms with Crippen LogP contribution in [0.3, 0.4) is 0 Å². The Hall–Kier alpha value is -2.61. The normalized spacial score (nSPS) is 12.9. The van der Waals surface area contributed by atoms with E-state index in [0.717, 1.165) is 23.7 Å². The number of nitrogens with one attached hydrogen (secondary N) is 2. The number of aryl methyl sites for hydroxylation is 1.